The third-order valence-corrected chi connectivity index (χ3v) is 3.55. The monoisotopic (exact) mass is 310 g/mol. The topological polar surface area (TPSA) is 103 Å². The van der Waals surface area contributed by atoms with Crippen LogP contribution in [0.1, 0.15) is 12.0 Å². The van der Waals surface area contributed by atoms with Gasteiger partial charge in [0.25, 0.3) is 5.56 Å². The Balaban J connectivity index is 1.96. The Hall–Kier alpha value is -3.15. The Bertz CT molecular complexity index is 929. The lowest BCUT2D eigenvalue weighted by atomic mass is 10.1. The third kappa shape index (κ3) is 3.21. The van der Waals surface area contributed by atoms with Crippen molar-refractivity contribution in [1.29, 1.82) is 0 Å². The molecule has 0 aliphatic heterocycles. The van der Waals surface area contributed by atoms with E-state index in [4.69, 9.17) is 5.11 Å². The summed E-state index contributed by atoms with van der Waals surface area (Å²) in [6, 6.07) is 11.6. The minimum Gasteiger partial charge on any atom is -0.508 e. The molecule has 0 bridgehead atoms. The van der Waals surface area contributed by atoms with Gasteiger partial charge in [-0.3, -0.25) is 9.59 Å². The number of nitrogens with zero attached hydrogens (tertiary/aromatic N) is 1. The molecule has 0 radical (unpaired) electrons. The van der Waals surface area contributed by atoms with E-state index in [0.717, 1.165) is 5.56 Å². The van der Waals surface area contributed by atoms with E-state index in [2.05, 4.69) is 9.97 Å². The molecule has 1 aromatic heterocycles. The number of carboxylic acids is 1. The molecule has 0 atom stereocenters. The highest BCUT2D eigenvalue weighted by atomic mass is 16.4. The lowest BCUT2D eigenvalue weighted by molar-refractivity contribution is -0.136. The maximum Gasteiger partial charge on any atom is 0.303 e. The van der Waals surface area contributed by atoms with E-state index in [1.54, 1.807) is 12.1 Å². The van der Waals surface area contributed by atoms with Gasteiger partial charge in [-0.05, 0) is 24.1 Å². The minimum atomic E-state index is -0.839. The molecule has 3 aromatic rings. The van der Waals surface area contributed by atoms with Gasteiger partial charge < -0.3 is 15.2 Å². The van der Waals surface area contributed by atoms with Gasteiger partial charge in [0.1, 0.15) is 11.6 Å². The number of fused-ring (bicyclic) bond motifs is 1. The molecule has 0 amide bonds. The second kappa shape index (κ2) is 5.92. The molecule has 3 rings (SSSR count). The van der Waals surface area contributed by atoms with Crippen LogP contribution in [0.25, 0.3) is 22.3 Å². The highest BCUT2D eigenvalue weighted by molar-refractivity contribution is 5.80. The van der Waals surface area contributed by atoms with E-state index < -0.39 is 5.97 Å². The number of phenolic OH excluding ortho intramolecular Hbond substituents is 1. The van der Waals surface area contributed by atoms with E-state index >= 15 is 0 Å². The fourth-order valence-corrected chi connectivity index (χ4v) is 2.35. The Labute approximate surface area is 131 Å². The molecule has 23 heavy (non-hydrogen) atoms. The summed E-state index contributed by atoms with van der Waals surface area (Å²) in [4.78, 5) is 29.7. The Kier molecular flexibility index (Phi) is 3.80. The number of aliphatic carboxylic acids is 1. The highest BCUT2D eigenvalue weighted by Gasteiger charge is 2.07. The van der Waals surface area contributed by atoms with Crippen molar-refractivity contribution in [2.24, 2.45) is 0 Å². The first-order valence-electron chi connectivity index (χ1n) is 7.07. The second-order valence-corrected chi connectivity index (χ2v) is 5.21. The van der Waals surface area contributed by atoms with Gasteiger partial charge in [-0.1, -0.05) is 24.3 Å². The summed E-state index contributed by atoms with van der Waals surface area (Å²) < 4.78 is 0. The van der Waals surface area contributed by atoms with Crippen LogP contribution >= 0.6 is 0 Å². The van der Waals surface area contributed by atoms with Gasteiger partial charge in [0.2, 0.25) is 0 Å². The van der Waals surface area contributed by atoms with E-state index in [1.165, 1.54) is 18.2 Å². The molecule has 0 saturated carbocycles. The number of aromatic amines is 1. The molecule has 3 N–H and O–H groups in total. The van der Waals surface area contributed by atoms with E-state index in [1.807, 2.05) is 12.1 Å². The number of hydrogen-bond donors (Lipinski definition) is 3. The van der Waals surface area contributed by atoms with Gasteiger partial charge in [0, 0.05) is 18.1 Å². The van der Waals surface area contributed by atoms with Crippen molar-refractivity contribution in [3.05, 3.63) is 58.4 Å². The van der Waals surface area contributed by atoms with Gasteiger partial charge >= 0.3 is 5.97 Å². The van der Waals surface area contributed by atoms with Gasteiger partial charge in [0.05, 0.1) is 10.9 Å². The average Bonchev–Trinajstić information content (AvgIpc) is 2.53. The summed E-state index contributed by atoms with van der Waals surface area (Å²) >= 11 is 0. The van der Waals surface area contributed by atoms with Crippen LogP contribution in [-0.4, -0.2) is 26.2 Å². The van der Waals surface area contributed by atoms with Crippen LogP contribution in [0.2, 0.25) is 0 Å². The standard InChI is InChI=1S/C17H14N2O4/c20-12-6-7-13-14(9-12)18-16(19-17(13)23)11-4-1-10(2-5-11)3-8-15(21)22/h1-2,4-7,9,20H,3,8H2,(H,21,22)(H,18,19,23). The average molecular weight is 310 g/mol. The first-order chi connectivity index (χ1) is 11.0. The summed E-state index contributed by atoms with van der Waals surface area (Å²) in [5.74, 6) is -0.391. The molecular weight excluding hydrogens is 296 g/mol. The van der Waals surface area contributed by atoms with Crippen LogP contribution in [0.3, 0.4) is 0 Å². The van der Waals surface area contributed by atoms with Crippen LogP contribution < -0.4 is 5.56 Å². The number of hydrogen-bond acceptors (Lipinski definition) is 4. The molecular formula is C17H14N2O4. The fourth-order valence-electron chi connectivity index (χ4n) is 2.35. The van der Waals surface area contributed by atoms with Crippen molar-refractivity contribution in [3.8, 4) is 17.1 Å². The normalized spacial score (nSPS) is 10.8. The van der Waals surface area contributed by atoms with Crippen LogP contribution in [0, 0.1) is 0 Å². The molecule has 0 saturated heterocycles. The third-order valence-electron chi connectivity index (χ3n) is 3.55. The summed E-state index contributed by atoms with van der Waals surface area (Å²) in [7, 11) is 0. The number of phenols is 1. The Morgan fingerprint density at radius 1 is 1.13 bits per heavy atom. The van der Waals surface area contributed by atoms with Gasteiger partial charge in [-0.25, -0.2) is 4.98 Å². The highest BCUT2D eigenvalue weighted by Crippen LogP contribution is 2.20. The molecule has 0 fully saturated rings. The number of carboxylic acid groups (broad SMARTS) is 1. The van der Waals surface area contributed by atoms with E-state index in [0.29, 0.717) is 28.7 Å². The van der Waals surface area contributed by atoms with Crippen molar-refractivity contribution in [2.75, 3.05) is 0 Å². The Morgan fingerprint density at radius 2 is 1.87 bits per heavy atom. The zero-order chi connectivity index (χ0) is 16.4. The maximum atomic E-state index is 12.1. The van der Waals surface area contributed by atoms with Crippen LogP contribution in [0.5, 0.6) is 5.75 Å². The summed E-state index contributed by atoms with van der Waals surface area (Å²) in [5.41, 5.74) is 1.75. The number of nitrogens with one attached hydrogen (secondary N) is 1. The molecule has 6 heteroatoms. The molecule has 2 aromatic carbocycles. The number of rotatable bonds is 4. The van der Waals surface area contributed by atoms with Crippen LogP contribution in [-0.2, 0) is 11.2 Å². The number of carbonyl (C=O) groups is 1. The summed E-state index contributed by atoms with van der Waals surface area (Å²) in [6.07, 6.45) is 0.523. The quantitative estimate of drug-likeness (QED) is 0.686. The first-order valence-corrected chi connectivity index (χ1v) is 7.07. The number of aromatic nitrogens is 2. The summed E-state index contributed by atoms with van der Waals surface area (Å²) in [5, 5.41) is 18.6. The second-order valence-electron chi connectivity index (χ2n) is 5.21. The predicted molar refractivity (Wildman–Crippen MR) is 85.4 cm³/mol. The van der Waals surface area contributed by atoms with Crippen LogP contribution in [0.15, 0.2) is 47.3 Å². The molecule has 0 spiro atoms. The lowest BCUT2D eigenvalue weighted by Gasteiger charge is -2.05. The largest absolute Gasteiger partial charge is 0.508 e. The van der Waals surface area contributed by atoms with Gasteiger partial charge in [0.15, 0.2) is 0 Å². The maximum absolute atomic E-state index is 12.1. The minimum absolute atomic E-state index is 0.0468. The molecule has 0 aliphatic rings. The molecule has 0 aliphatic carbocycles. The summed E-state index contributed by atoms with van der Waals surface area (Å²) in [6.45, 7) is 0. The van der Waals surface area contributed by atoms with E-state index in [9.17, 15) is 14.7 Å². The zero-order valence-electron chi connectivity index (χ0n) is 12.1. The Morgan fingerprint density at radius 3 is 2.57 bits per heavy atom. The smallest absolute Gasteiger partial charge is 0.303 e. The van der Waals surface area contributed by atoms with E-state index in [-0.39, 0.29) is 17.7 Å². The van der Waals surface area contributed by atoms with Crippen LogP contribution in [0.4, 0.5) is 0 Å². The zero-order valence-corrected chi connectivity index (χ0v) is 12.1. The number of H-pyrrole nitrogens is 1. The molecule has 1 heterocycles. The van der Waals surface area contributed by atoms with Crippen molar-refractivity contribution >= 4 is 16.9 Å². The first kappa shape index (κ1) is 14.8. The van der Waals surface area contributed by atoms with Crippen molar-refractivity contribution < 1.29 is 15.0 Å². The SMILES string of the molecule is O=C(O)CCc1ccc(-c2nc3cc(O)ccc3c(=O)[nH]2)cc1. The molecule has 116 valence electrons. The number of aryl methyl sites for hydroxylation is 1. The van der Waals surface area contributed by atoms with Crippen molar-refractivity contribution in [3.63, 3.8) is 0 Å². The number of aromatic hydroxyl groups is 1. The fraction of sp³-hybridized carbons (Fsp3) is 0.118. The molecule has 6 nitrogen and oxygen atoms in total. The number of benzene rings is 2. The van der Waals surface area contributed by atoms with Gasteiger partial charge in [-0.2, -0.15) is 0 Å². The lowest BCUT2D eigenvalue weighted by Crippen LogP contribution is -2.09. The van der Waals surface area contributed by atoms with Crippen molar-refractivity contribution in [2.45, 2.75) is 12.8 Å². The van der Waals surface area contributed by atoms with Crippen molar-refractivity contribution in [1.82, 2.24) is 9.97 Å². The molecule has 0 unspecified atom stereocenters. The predicted octanol–water partition coefficient (Wildman–Crippen LogP) is 2.31. The van der Waals surface area contributed by atoms with Gasteiger partial charge in [-0.15, -0.1) is 0 Å².